The van der Waals surface area contributed by atoms with Crippen molar-refractivity contribution in [3.8, 4) is 17.2 Å². The molecule has 2 aliphatic heterocycles. The molecule has 1 unspecified atom stereocenters. The quantitative estimate of drug-likeness (QED) is 0.502. The zero-order chi connectivity index (χ0) is 22.3. The normalized spacial score (nSPS) is 16.3. The van der Waals surface area contributed by atoms with E-state index in [2.05, 4.69) is 17.0 Å². The van der Waals surface area contributed by atoms with Gasteiger partial charge >= 0.3 is 5.97 Å². The van der Waals surface area contributed by atoms with E-state index in [1.807, 2.05) is 45.9 Å². The number of nitrogens with zero attached hydrogens (tertiary/aromatic N) is 1. The van der Waals surface area contributed by atoms with Gasteiger partial charge in [0, 0.05) is 26.1 Å². The van der Waals surface area contributed by atoms with E-state index in [1.54, 1.807) is 14.2 Å². The first-order valence-corrected chi connectivity index (χ1v) is 10.9. The number of methoxy groups -OCH3 is 2. The van der Waals surface area contributed by atoms with Crippen LogP contribution in [-0.2, 0) is 24.2 Å². The van der Waals surface area contributed by atoms with Gasteiger partial charge in [0.05, 0.1) is 14.2 Å². The van der Waals surface area contributed by atoms with Gasteiger partial charge in [-0.05, 0) is 59.4 Å². The van der Waals surface area contributed by atoms with E-state index >= 15 is 0 Å². The van der Waals surface area contributed by atoms with Crippen LogP contribution in [0.4, 0.5) is 0 Å². The third-order valence-corrected chi connectivity index (χ3v) is 5.34. The number of hydrogen-bond acceptors (Lipinski definition) is 5. The number of hydrogen-bond donors (Lipinski definition) is 0. The fourth-order valence-corrected chi connectivity index (χ4v) is 4.10. The molecule has 2 aromatic carbocycles. The van der Waals surface area contributed by atoms with E-state index in [9.17, 15) is 4.79 Å². The highest BCUT2D eigenvalue weighted by Gasteiger charge is 2.33. The van der Waals surface area contributed by atoms with E-state index in [0.29, 0.717) is 17.5 Å². The van der Waals surface area contributed by atoms with Crippen LogP contribution in [0.3, 0.4) is 0 Å². The van der Waals surface area contributed by atoms with Crippen molar-refractivity contribution >= 4 is 5.97 Å². The summed E-state index contributed by atoms with van der Waals surface area (Å²) in [6.45, 7) is 11.3. The second kappa shape index (κ2) is 11.0. The maximum Gasteiger partial charge on any atom is 0.308 e. The second-order valence-corrected chi connectivity index (χ2v) is 6.87. The number of ether oxygens (including phenoxy) is 3. The van der Waals surface area contributed by atoms with E-state index in [0.717, 1.165) is 31.7 Å². The monoisotopic (exact) mass is 413 g/mol. The number of esters is 1. The summed E-state index contributed by atoms with van der Waals surface area (Å²) in [6, 6.07) is 10.7. The maximum absolute atomic E-state index is 11.4. The summed E-state index contributed by atoms with van der Waals surface area (Å²) in [6.07, 6.45) is 1.92. The molecule has 4 rings (SSSR count). The van der Waals surface area contributed by atoms with E-state index < -0.39 is 0 Å². The Hall–Kier alpha value is -2.53. The van der Waals surface area contributed by atoms with Crippen LogP contribution in [0.5, 0.6) is 17.2 Å². The van der Waals surface area contributed by atoms with Crippen molar-refractivity contribution in [1.29, 1.82) is 0 Å². The molecule has 0 spiro atoms. The summed E-state index contributed by atoms with van der Waals surface area (Å²) in [5.41, 5.74) is 5.19. The number of carbonyl (C=O) groups is 1. The van der Waals surface area contributed by atoms with Gasteiger partial charge in [-0.25, -0.2) is 0 Å². The molecular weight excluding hydrogens is 378 g/mol. The SMILES string of the molecule is CC.CC.COc1ccc2c(c1)CCN1Cc3cc(OC)c(OC(C)=O)cc3CC21. The highest BCUT2D eigenvalue weighted by Crippen LogP contribution is 2.42. The molecule has 2 aliphatic rings. The van der Waals surface area contributed by atoms with Crippen LogP contribution in [0.1, 0.15) is 62.9 Å². The number of fused-ring (bicyclic) bond motifs is 4. The minimum absolute atomic E-state index is 0.337. The number of rotatable bonds is 3. The molecule has 1 atom stereocenters. The van der Waals surface area contributed by atoms with E-state index in [4.69, 9.17) is 14.2 Å². The Bertz CT molecular complexity index is 862. The van der Waals surface area contributed by atoms with E-state index in [1.165, 1.54) is 29.2 Å². The zero-order valence-electron chi connectivity index (χ0n) is 19.4. The lowest BCUT2D eigenvalue weighted by Crippen LogP contribution is -2.39. The fraction of sp³-hybridized carbons (Fsp3) is 0.480. The molecule has 0 amide bonds. The van der Waals surface area contributed by atoms with Crippen molar-refractivity contribution in [3.63, 3.8) is 0 Å². The van der Waals surface area contributed by atoms with Gasteiger partial charge in [0.25, 0.3) is 0 Å². The summed E-state index contributed by atoms with van der Waals surface area (Å²) in [5.74, 6) is 1.68. The lowest BCUT2D eigenvalue weighted by atomic mass is 9.84. The van der Waals surface area contributed by atoms with Crippen molar-refractivity contribution in [1.82, 2.24) is 4.90 Å². The van der Waals surface area contributed by atoms with Gasteiger partial charge in [0.15, 0.2) is 11.5 Å². The fourth-order valence-electron chi connectivity index (χ4n) is 4.10. The maximum atomic E-state index is 11.4. The molecular formula is C25H35NO4. The molecule has 0 radical (unpaired) electrons. The summed E-state index contributed by atoms with van der Waals surface area (Å²) < 4.78 is 16.1. The Morgan fingerprint density at radius 3 is 2.27 bits per heavy atom. The van der Waals surface area contributed by atoms with Gasteiger partial charge in [0.1, 0.15) is 5.75 Å². The standard InChI is InChI=1S/C21H23NO4.2C2H6/c1-13(23)26-21-10-15-9-19-18-5-4-17(24-2)8-14(18)6-7-22(19)12-16(15)11-20(21)25-3;2*1-2/h4-5,8,10-11,19H,6-7,9,12H2,1-3H3;2*1-2H3. The molecule has 0 fully saturated rings. The average Bonchev–Trinajstić information content (AvgIpc) is 2.79. The Morgan fingerprint density at radius 1 is 0.933 bits per heavy atom. The smallest absolute Gasteiger partial charge is 0.308 e. The summed E-state index contributed by atoms with van der Waals surface area (Å²) >= 11 is 0. The van der Waals surface area contributed by atoms with Gasteiger partial charge < -0.3 is 14.2 Å². The highest BCUT2D eigenvalue weighted by atomic mass is 16.6. The first-order valence-electron chi connectivity index (χ1n) is 10.9. The number of benzene rings is 2. The largest absolute Gasteiger partial charge is 0.497 e. The molecule has 0 saturated carbocycles. The van der Waals surface area contributed by atoms with Gasteiger partial charge in [-0.1, -0.05) is 33.8 Å². The minimum Gasteiger partial charge on any atom is -0.497 e. The Morgan fingerprint density at radius 2 is 1.63 bits per heavy atom. The third-order valence-electron chi connectivity index (χ3n) is 5.34. The highest BCUT2D eigenvalue weighted by molar-refractivity contribution is 5.70. The predicted molar refractivity (Wildman–Crippen MR) is 121 cm³/mol. The molecule has 2 heterocycles. The van der Waals surface area contributed by atoms with Crippen LogP contribution in [0.25, 0.3) is 0 Å². The molecule has 0 bridgehead atoms. The molecule has 30 heavy (non-hydrogen) atoms. The second-order valence-electron chi connectivity index (χ2n) is 6.87. The number of carbonyl (C=O) groups excluding carboxylic acids is 1. The molecule has 5 nitrogen and oxygen atoms in total. The summed E-state index contributed by atoms with van der Waals surface area (Å²) in [7, 11) is 3.31. The van der Waals surface area contributed by atoms with Crippen LogP contribution < -0.4 is 14.2 Å². The molecule has 0 aromatic heterocycles. The van der Waals surface area contributed by atoms with Crippen LogP contribution in [0, 0.1) is 0 Å². The van der Waals surface area contributed by atoms with Crippen LogP contribution in [-0.4, -0.2) is 31.6 Å². The zero-order valence-corrected chi connectivity index (χ0v) is 19.4. The molecule has 5 heteroatoms. The van der Waals surface area contributed by atoms with Crippen molar-refractivity contribution < 1.29 is 19.0 Å². The van der Waals surface area contributed by atoms with Gasteiger partial charge in [-0.15, -0.1) is 0 Å². The molecule has 0 aliphatic carbocycles. The molecule has 0 N–H and O–H groups in total. The van der Waals surface area contributed by atoms with Crippen LogP contribution in [0.2, 0.25) is 0 Å². The van der Waals surface area contributed by atoms with Crippen molar-refractivity contribution in [2.45, 2.75) is 60.0 Å². The van der Waals surface area contributed by atoms with Gasteiger partial charge in [0.2, 0.25) is 0 Å². The average molecular weight is 414 g/mol. The summed E-state index contributed by atoms with van der Waals surface area (Å²) in [4.78, 5) is 13.9. The lowest BCUT2D eigenvalue weighted by Gasteiger charge is -2.41. The van der Waals surface area contributed by atoms with E-state index in [-0.39, 0.29) is 5.97 Å². The predicted octanol–water partition coefficient (Wildman–Crippen LogP) is 5.34. The van der Waals surface area contributed by atoms with Crippen LogP contribution >= 0.6 is 0 Å². The van der Waals surface area contributed by atoms with Crippen molar-refractivity contribution in [2.75, 3.05) is 20.8 Å². The van der Waals surface area contributed by atoms with Gasteiger partial charge in [-0.3, -0.25) is 9.69 Å². The van der Waals surface area contributed by atoms with Crippen molar-refractivity contribution in [2.24, 2.45) is 0 Å². The minimum atomic E-state index is -0.337. The Kier molecular flexibility index (Phi) is 8.72. The first kappa shape index (κ1) is 23.7. The summed E-state index contributed by atoms with van der Waals surface area (Å²) in [5, 5.41) is 0. The molecule has 2 aromatic rings. The Labute approximate surface area is 180 Å². The lowest BCUT2D eigenvalue weighted by molar-refractivity contribution is -0.132. The Balaban J connectivity index is 0.000000757. The van der Waals surface area contributed by atoms with Gasteiger partial charge in [-0.2, -0.15) is 0 Å². The first-order chi connectivity index (χ1) is 14.6. The van der Waals surface area contributed by atoms with Crippen molar-refractivity contribution in [3.05, 3.63) is 52.6 Å². The molecule has 164 valence electrons. The van der Waals surface area contributed by atoms with Crippen LogP contribution in [0.15, 0.2) is 30.3 Å². The molecule has 0 saturated heterocycles. The topological polar surface area (TPSA) is 48.0 Å². The third kappa shape index (κ3) is 4.96.